The van der Waals surface area contributed by atoms with Gasteiger partial charge in [-0.05, 0) is 55.9 Å². The zero-order valence-corrected chi connectivity index (χ0v) is 16.8. The number of nitrogens with one attached hydrogen (secondary N) is 1. The fourth-order valence-electron chi connectivity index (χ4n) is 3.18. The van der Waals surface area contributed by atoms with Crippen molar-refractivity contribution in [2.45, 2.75) is 13.0 Å². The Labute approximate surface area is 169 Å². The molecule has 29 heavy (non-hydrogen) atoms. The fraction of sp³-hybridized carbons (Fsp3) is 0.217. The molecule has 3 aromatic rings. The lowest BCUT2D eigenvalue weighted by atomic mass is 10.1. The maximum atomic E-state index is 12.9. The van der Waals surface area contributed by atoms with Gasteiger partial charge < -0.3 is 19.4 Å². The first-order chi connectivity index (χ1) is 13.9. The van der Waals surface area contributed by atoms with Crippen molar-refractivity contribution >= 4 is 22.6 Å². The van der Waals surface area contributed by atoms with Crippen molar-refractivity contribution in [1.82, 2.24) is 4.90 Å². The van der Waals surface area contributed by atoms with E-state index >= 15 is 0 Å². The van der Waals surface area contributed by atoms with Crippen molar-refractivity contribution in [3.05, 3.63) is 82.2 Å². The smallest absolute Gasteiger partial charge is 0.353 e. The molecule has 2 aromatic carbocycles. The summed E-state index contributed by atoms with van der Waals surface area (Å²) >= 11 is 0. The zero-order chi connectivity index (χ0) is 21.0. The maximum Gasteiger partial charge on any atom is 0.353 e. The molecule has 0 unspecified atom stereocenters. The summed E-state index contributed by atoms with van der Waals surface area (Å²) in [5, 5.41) is 3.32. The third-order valence-corrected chi connectivity index (χ3v) is 4.44. The van der Waals surface area contributed by atoms with Crippen LogP contribution in [0.5, 0.6) is 5.75 Å². The van der Waals surface area contributed by atoms with E-state index in [0.717, 1.165) is 17.7 Å². The third-order valence-electron chi connectivity index (χ3n) is 4.44. The van der Waals surface area contributed by atoms with Gasteiger partial charge in [-0.1, -0.05) is 24.3 Å². The second kappa shape index (κ2) is 8.75. The lowest BCUT2D eigenvalue weighted by Gasteiger charge is -2.12. The van der Waals surface area contributed by atoms with Crippen molar-refractivity contribution < 1.29 is 13.9 Å². The monoisotopic (exact) mass is 392 g/mol. The molecular formula is C23H24N2O4. The van der Waals surface area contributed by atoms with Gasteiger partial charge in [0, 0.05) is 12.2 Å². The number of nitrogens with zero attached hydrogens (tertiary/aromatic N) is 1. The van der Waals surface area contributed by atoms with Crippen LogP contribution in [0.1, 0.15) is 21.5 Å². The second-order valence-electron chi connectivity index (χ2n) is 7.01. The molecule has 1 amide bonds. The van der Waals surface area contributed by atoms with Gasteiger partial charge in [0.05, 0.1) is 12.5 Å². The summed E-state index contributed by atoms with van der Waals surface area (Å²) in [5.74, 6) is -0.379. The molecule has 1 aromatic heterocycles. The molecule has 3 rings (SSSR count). The molecule has 1 N–H and O–H groups in total. The van der Waals surface area contributed by atoms with E-state index in [2.05, 4.69) is 16.8 Å². The number of carbonyl (C=O) groups is 1. The molecule has 0 spiro atoms. The average Bonchev–Trinajstić information content (AvgIpc) is 2.68. The molecule has 0 saturated carbocycles. The quantitative estimate of drug-likeness (QED) is 0.489. The lowest BCUT2D eigenvalue weighted by Crippen LogP contribution is -2.22. The molecule has 0 aliphatic heterocycles. The van der Waals surface area contributed by atoms with Crippen molar-refractivity contribution in [2.75, 3.05) is 26.5 Å². The predicted octanol–water partition coefficient (Wildman–Crippen LogP) is 3.84. The standard InChI is InChI=1S/C23H24N2O4/c1-5-6-15-9-12-19-18(13-15)21(28-4)20(23(27)29-19)22(26)24-17-10-7-16(8-11-17)14-25(2)3/h5,7-13H,1,6,14H2,2-4H3,(H,24,26). The number of rotatable bonds is 7. The molecule has 1 heterocycles. The Bertz CT molecular complexity index is 1100. The highest BCUT2D eigenvalue weighted by molar-refractivity contribution is 6.08. The number of amides is 1. The number of methoxy groups -OCH3 is 1. The van der Waals surface area contributed by atoms with Gasteiger partial charge in [0.2, 0.25) is 0 Å². The summed E-state index contributed by atoms with van der Waals surface area (Å²) in [4.78, 5) is 27.4. The van der Waals surface area contributed by atoms with Gasteiger partial charge in [0.1, 0.15) is 11.3 Å². The van der Waals surface area contributed by atoms with E-state index in [4.69, 9.17) is 9.15 Å². The summed E-state index contributed by atoms with van der Waals surface area (Å²) in [6.07, 6.45) is 2.43. The van der Waals surface area contributed by atoms with Gasteiger partial charge in [0.25, 0.3) is 5.91 Å². The lowest BCUT2D eigenvalue weighted by molar-refractivity contribution is 0.102. The number of carbonyl (C=O) groups excluding carboxylic acids is 1. The Morgan fingerprint density at radius 3 is 2.48 bits per heavy atom. The minimum absolute atomic E-state index is 0.159. The van der Waals surface area contributed by atoms with Crippen molar-refractivity contribution in [2.24, 2.45) is 0 Å². The number of fused-ring (bicyclic) bond motifs is 1. The number of hydrogen-bond acceptors (Lipinski definition) is 5. The Hall–Kier alpha value is -3.38. The fourth-order valence-corrected chi connectivity index (χ4v) is 3.18. The molecule has 0 saturated heterocycles. The van der Waals surface area contributed by atoms with Crippen LogP contribution in [0.4, 0.5) is 5.69 Å². The van der Waals surface area contributed by atoms with Gasteiger partial charge >= 0.3 is 5.63 Å². The minimum atomic E-state index is -0.743. The van der Waals surface area contributed by atoms with E-state index in [9.17, 15) is 9.59 Å². The number of benzene rings is 2. The first-order valence-electron chi connectivity index (χ1n) is 9.22. The largest absolute Gasteiger partial charge is 0.495 e. The van der Waals surface area contributed by atoms with Crippen LogP contribution in [0.25, 0.3) is 11.0 Å². The van der Waals surface area contributed by atoms with Crippen molar-refractivity contribution in [3.8, 4) is 5.75 Å². The van der Waals surface area contributed by atoms with E-state index in [1.807, 2.05) is 38.4 Å². The minimum Gasteiger partial charge on any atom is -0.495 e. The van der Waals surface area contributed by atoms with Gasteiger partial charge in [-0.2, -0.15) is 0 Å². The highest BCUT2D eigenvalue weighted by Gasteiger charge is 2.22. The van der Waals surface area contributed by atoms with Gasteiger partial charge in [-0.25, -0.2) is 4.79 Å². The van der Waals surface area contributed by atoms with E-state index in [1.165, 1.54) is 7.11 Å². The molecule has 6 heteroatoms. The highest BCUT2D eigenvalue weighted by Crippen LogP contribution is 2.29. The van der Waals surface area contributed by atoms with Gasteiger partial charge in [0.15, 0.2) is 5.56 Å². The zero-order valence-electron chi connectivity index (χ0n) is 16.8. The molecular weight excluding hydrogens is 368 g/mol. The molecule has 0 radical (unpaired) electrons. The van der Waals surface area contributed by atoms with E-state index in [0.29, 0.717) is 23.1 Å². The van der Waals surface area contributed by atoms with Crippen LogP contribution in [-0.2, 0) is 13.0 Å². The maximum absolute atomic E-state index is 12.9. The number of hydrogen-bond donors (Lipinski definition) is 1. The first kappa shape index (κ1) is 20.4. The summed E-state index contributed by atoms with van der Waals surface area (Å²) in [7, 11) is 5.41. The molecule has 150 valence electrons. The number of anilines is 1. The Morgan fingerprint density at radius 2 is 1.86 bits per heavy atom. The Kier molecular flexibility index (Phi) is 6.14. The molecule has 0 aliphatic rings. The molecule has 6 nitrogen and oxygen atoms in total. The normalized spacial score (nSPS) is 10.9. The molecule has 0 atom stereocenters. The van der Waals surface area contributed by atoms with Crippen LogP contribution in [0.15, 0.2) is 64.3 Å². The van der Waals surface area contributed by atoms with Crippen molar-refractivity contribution in [3.63, 3.8) is 0 Å². The van der Waals surface area contributed by atoms with E-state index in [-0.39, 0.29) is 11.3 Å². The van der Waals surface area contributed by atoms with Crippen LogP contribution >= 0.6 is 0 Å². The van der Waals surface area contributed by atoms with Crippen LogP contribution in [0, 0.1) is 0 Å². The summed E-state index contributed by atoms with van der Waals surface area (Å²) < 4.78 is 10.8. The van der Waals surface area contributed by atoms with Gasteiger partial charge in [-0.3, -0.25) is 4.79 Å². The SMILES string of the molecule is C=CCc1ccc2oc(=O)c(C(=O)Nc3ccc(CN(C)C)cc3)c(OC)c2c1. The Morgan fingerprint density at radius 1 is 1.17 bits per heavy atom. The van der Waals surface area contributed by atoms with Crippen LogP contribution in [0.3, 0.4) is 0 Å². The second-order valence-corrected chi connectivity index (χ2v) is 7.01. The van der Waals surface area contributed by atoms with E-state index < -0.39 is 11.5 Å². The van der Waals surface area contributed by atoms with Crippen LogP contribution in [0.2, 0.25) is 0 Å². The summed E-state index contributed by atoms with van der Waals surface area (Å²) in [5.41, 5.74) is 2.14. The van der Waals surface area contributed by atoms with Crippen LogP contribution < -0.4 is 15.7 Å². The summed E-state index contributed by atoms with van der Waals surface area (Å²) in [6.45, 7) is 4.53. The number of ether oxygens (including phenoxy) is 1. The Balaban J connectivity index is 1.97. The van der Waals surface area contributed by atoms with Crippen molar-refractivity contribution in [1.29, 1.82) is 0 Å². The summed E-state index contributed by atoms with van der Waals surface area (Å²) in [6, 6.07) is 12.8. The number of allylic oxidation sites excluding steroid dienone is 1. The molecule has 0 aliphatic carbocycles. The van der Waals surface area contributed by atoms with Crippen LogP contribution in [-0.4, -0.2) is 32.0 Å². The predicted molar refractivity (Wildman–Crippen MR) is 115 cm³/mol. The van der Waals surface area contributed by atoms with Gasteiger partial charge in [-0.15, -0.1) is 6.58 Å². The first-order valence-corrected chi connectivity index (χ1v) is 9.22. The third kappa shape index (κ3) is 4.55. The topological polar surface area (TPSA) is 71.8 Å². The molecule has 0 bridgehead atoms. The highest BCUT2D eigenvalue weighted by atomic mass is 16.5. The average molecular weight is 392 g/mol. The van der Waals surface area contributed by atoms with E-state index in [1.54, 1.807) is 24.3 Å². The molecule has 0 fully saturated rings.